The summed E-state index contributed by atoms with van der Waals surface area (Å²) in [6, 6.07) is 5.55. The molecule has 0 radical (unpaired) electrons. The summed E-state index contributed by atoms with van der Waals surface area (Å²) in [7, 11) is 1.65. The maximum absolute atomic E-state index is 5.07. The monoisotopic (exact) mass is 204 g/mol. The van der Waals surface area contributed by atoms with Crippen LogP contribution in [-0.2, 0) is 0 Å². The fourth-order valence-electron chi connectivity index (χ4n) is 2.92. The molecular weight excluding hydrogens is 188 g/mol. The fourth-order valence-corrected chi connectivity index (χ4v) is 2.92. The Bertz CT molecular complexity index is 349. The largest absolute Gasteiger partial charge is 0.481 e. The Balaban J connectivity index is 1.81. The van der Waals surface area contributed by atoms with Gasteiger partial charge < -0.3 is 10.1 Å². The topological polar surface area (TPSA) is 34.1 Å². The Hall–Kier alpha value is -1.09. The molecule has 1 aromatic heterocycles. The van der Waals surface area contributed by atoms with Crippen molar-refractivity contribution in [2.45, 2.75) is 37.3 Å². The summed E-state index contributed by atoms with van der Waals surface area (Å²) in [6.07, 6.45) is 5.91. The first-order valence-electron chi connectivity index (χ1n) is 5.63. The Labute approximate surface area is 89.9 Å². The van der Waals surface area contributed by atoms with Crippen LogP contribution in [0, 0.1) is 0 Å². The van der Waals surface area contributed by atoms with Gasteiger partial charge in [0.05, 0.1) is 7.11 Å². The van der Waals surface area contributed by atoms with E-state index in [1.807, 2.05) is 12.3 Å². The number of hydrogen-bond acceptors (Lipinski definition) is 3. The second kappa shape index (κ2) is 3.49. The molecule has 0 aliphatic carbocycles. The molecule has 3 heteroatoms. The lowest BCUT2D eigenvalue weighted by molar-refractivity contribution is 0.396. The van der Waals surface area contributed by atoms with Crippen LogP contribution in [0.5, 0.6) is 5.88 Å². The summed E-state index contributed by atoms with van der Waals surface area (Å²) in [4.78, 5) is 4.28. The predicted molar refractivity (Wildman–Crippen MR) is 58.1 cm³/mol. The molecule has 2 aliphatic rings. The maximum atomic E-state index is 5.07. The minimum atomic E-state index is 0.669. The molecule has 0 amide bonds. The van der Waals surface area contributed by atoms with Crippen LogP contribution in [0.3, 0.4) is 0 Å². The number of methoxy groups -OCH3 is 1. The van der Waals surface area contributed by atoms with Crippen LogP contribution >= 0.6 is 0 Å². The predicted octanol–water partition coefficient (Wildman–Crippen LogP) is 1.70. The van der Waals surface area contributed by atoms with E-state index in [-0.39, 0.29) is 0 Å². The molecule has 3 nitrogen and oxygen atoms in total. The Morgan fingerprint density at radius 2 is 2.33 bits per heavy atom. The van der Waals surface area contributed by atoms with E-state index in [2.05, 4.69) is 16.4 Å². The highest BCUT2D eigenvalue weighted by molar-refractivity contribution is 5.25. The van der Waals surface area contributed by atoms with Gasteiger partial charge in [0.15, 0.2) is 0 Å². The molecule has 1 N–H and O–H groups in total. The molecule has 2 aliphatic heterocycles. The number of nitrogens with zero attached hydrogens (tertiary/aromatic N) is 1. The molecule has 0 spiro atoms. The van der Waals surface area contributed by atoms with Gasteiger partial charge in [-0.05, 0) is 24.8 Å². The second-order valence-electron chi connectivity index (χ2n) is 4.52. The van der Waals surface area contributed by atoms with Gasteiger partial charge in [-0.25, -0.2) is 4.98 Å². The Morgan fingerprint density at radius 3 is 2.87 bits per heavy atom. The van der Waals surface area contributed by atoms with Gasteiger partial charge in [0.25, 0.3) is 0 Å². The number of hydrogen-bond donors (Lipinski definition) is 1. The number of fused-ring (bicyclic) bond motifs is 2. The Morgan fingerprint density at radius 1 is 1.40 bits per heavy atom. The van der Waals surface area contributed by atoms with Crippen LogP contribution in [0.4, 0.5) is 0 Å². The molecule has 3 heterocycles. The number of nitrogens with one attached hydrogen (secondary N) is 1. The molecule has 2 bridgehead atoms. The molecule has 2 fully saturated rings. The Kier molecular flexibility index (Phi) is 2.13. The highest BCUT2D eigenvalue weighted by Gasteiger charge is 2.39. The van der Waals surface area contributed by atoms with Crippen molar-refractivity contribution in [2.24, 2.45) is 0 Å². The summed E-state index contributed by atoms with van der Waals surface area (Å²) in [6.45, 7) is 0. The van der Waals surface area contributed by atoms with E-state index in [0.29, 0.717) is 17.8 Å². The molecule has 15 heavy (non-hydrogen) atoms. The number of aromatic nitrogens is 1. The van der Waals surface area contributed by atoms with E-state index in [9.17, 15) is 0 Å². The highest BCUT2D eigenvalue weighted by atomic mass is 16.5. The average molecular weight is 204 g/mol. The van der Waals surface area contributed by atoms with Gasteiger partial charge >= 0.3 is 0 Å². The van der Waals surface area contributed by atoms with Gasteiger partial charge in [-0.15, -0.1) is 0 Å². The van der Waals surface area contributed by atoms with Crippen molar-refractivity contribution in [3.05, 3.63) is 23.9 Å². The van der Waals surface area contributed by atoms with E-state index in [0.717, 1.165) is 6.04 Å². The van der Waals surface area contributed by atoms with Crippen LogP contribution in [0.15, 0.2) is 18.3 Å². The summed E-state index contributed by atoms with van der Waals surface area (Å²) >= 11 is 0. The number of rotatable bonds is 2. The SMILES string of the molecule is COc1ccc(C2C[C@H]3CC[C@H]2N3)cn1. The minimum Gasteiger partial charge on any atom is -0.481 e. The first-order valence-corrected chi connectivity index (χ1v) is 5.63. The van der Waals surface area contributed by atoms with E-state index >= 15 is 0 Å². The second-order valence-corrected chi connectivity index (χ2v) is 4.52. The van der Waals surface area contributed by atoms with Crippen molar-refractivity contribution in [3.63, 3.8) is 0 Å². The van der Waals surface area contributed by atoms with E-state index < -0.39 is 0 Å². The van der Waals surface area contributed by atoms with Crippen LogP contribution in [0.2, 0.25) is 0 Å². The van der Waals surface area contributed by atoms with Gasteiger partial charge in [-0.2, -0.15) is 0 Å². The van der Waals surface area contributed by atoms with Crippen LogP contribution in [-0.4, -0.2) is 24.2 Å². The first kappa shape index (κ1) is 9.16. The van der Waals surface area contributed by atoms with Gasteiger partial charge in [-0.1, -0.05) is 6.07 Å². The minimum absolute atomic E-state index is 0.669. The summed E-state index contributed by atoms with van der Waals surface area (Å²) < 4.78 is 5.07. The summed E-state index contributed by atoms with van der Waals surface area (Å²) in [5.41, 5.74) is 1.36. The zero-order valence-electron chi connectivity index (χ0n) is 8.94. The lowest BCUT2D eigenvalue weighted by Crippen LogP contribution is -2.21. The van der Waals surface area contributed by atoms with E-state index in [1.165, 1.54) is 24.8 Å². The van der Waals surface area contributed by atoms with Crippen molar-refractivity contribution in [2.75, 3.05) is 7.11 Å². The number of ether oxygens (including phenoxy) is 1. The van der Waals surface area contributed by atoms with Crippen LogP contribution in [0.1, 0.15) is 30.7 Å². The highest BCUT2D eigenvalue weighted by Crippen LogP contribution is 2.39. The quantitative estimate of drug-likeness (QED) is 0.796. The molecule has 2 saturated heterocycles. The third-order valence-corrected chi connectivity index (χ3v) is 3.70. The fraction of sp³-hybridized carbons (Fsp3) is 0.583. The van der Waals surface area contributed by atoms with Gasteiger partial charge in [0.1, 0.15) is 0 Å². The zero-order chi connectivity index (χ0) is 10.3. The standard InChI is InChI=1S/C12H16N2O/c1-15-12-5-2-8(7-13-12)10-6-9-3-4-11(10)14-9/h2,5,7,9-11,14H,3-4,6H2,1H3/t9-,10?,11-/m1/s1. The average Bonchev–Trinajstić information content (AvgIpc) is 2.91. The normalized spacial score (nSPS) is 33.3. The third kappa shape index (κ3) is 1.51. The third-order valence-electron chi connectivity index (χ3n) is 3.70. The molecule has 3 rings (SSSR count). The molecule has 0 aromatic carbocycles. The van der Waals surface area contributed by atoms with Crippen molar-refractivity contribution in [3.8, 4) is 5.88 Å². The molecule has 0 saturated carbocycles. The number of pyridine rings is 1. The van der Waals surface area contributed by atoms with E-state index in [1.54, 1.807) is 7.11 Å². The molecule has 1 unspecified atom stereocenters. The molecular formula is C12H16N2O. The van der Waals surface area contributed by atoms with Gasteiger partial charge in [-0.3, -0.25) is 0 Å². The molecule has 1 aromatic rings. The van der Waals surface area contributed by atoms with Crippen LogP contribution < -0.4 is 10.1 Å². The summed E-state index contributed by atoms with van der Waals surface area (Å²) in [5, 5.41) is 3.65. The first-order chi connectivity index (χ1) is 7.36. The zero-order valence-corrected chi connectivity index (χ0v) is 8.94. The van der Waals surface area contributed by atoms with E-state index in [4.69, 9.17) is 4.74 Å². The smallest absolute Gasteiger partial charge is 0.212 e. The van der Waals surface area contributed by atoms with Gasteiger partial charge in [0, 0.05) is 30.3 Å². The lowest BCUT2D eigenvalue weighted by atomic mass is 9.85. The van der Waals surface area contributed by atoms with Crippen LogP contribution in [0.25, 0.3) is 0 Å². The van der Waals surface area contributed by atoms with Crippen molar-refractivity contribution >= 4 is 0 Å². The van der Waals surface area contributed by atoms with Gasteiger partial charge in [0.2, 0.25) is 5.88 Å². The molecule has 80 valence electrons. The molecule has 3 atom stereocenters. The van der Waals surface area contributed by atoms with Crippen molar-refractivity contribution in [1.82, 2.24) is 10.3 Å². The lowest BCUT2D eigenvalue weighted by Gasteiger charge is -2.20. The summed E-state index contributed by atoms with van der Waals surface area (Å²) in [5.74, 6) is 1.37. The van der Waals surface area contributed by atoms with Crippen molar-refractivity contribution < 1.29 is 4.74 Å². The maximum Gasteiger partial charge on any atom is 0.212 e. The van der Waals surface area contributed by atoms with Crippen molar-refractivity contribution in [1.29, 1.82) is 0 Å².